The molecular weight excluding hydrogens is 386 g/mol. The molecule has 0 saturated carbocycles. The fourth-order valence-electron chi connectivity index (χ4n) is 3.51. The first kappa shape index (κ1) is 20.7. The maximum atomic E-state index is 4.73. The number of hydrogen-bond acceptors (Lipinski definition) is 3. The molecule has 0 aliphatic rings. The molecular formula is C24H29N7. The molecule has 0 unspecified atom stereocenters. The second-order valence-electron chi connectivity index (χ2n) is 7.46. The molecule has 4 aromatic rings. The predicted octanol–water partition coefficient (Wildman–Crippen LogP) is 3.17. The molecule has 0 spiro atoms. The summed E-state index contributed by atoms with van der Waals surface area (Å²) < 4.78 is 3.94. The van der Waals surface area contributed by atoms with Gasteiger partial charge in [0.2, 0.25) is 0 Å². The normalized spacial score (nSPS) is 11.7. The Kier molecular flexibility index (Phi) is 6.62. The Labute approximate surface area is 182 Å². The second kappa shape index (κ2) is 9.93. The van der Waals surface area contributed by atoms with E-state index in [4.69, 9.17) is 9.98 Å². The first-order valence-corrected chi connectivity index (χ1v) is 10.8. The molecule has 31 heavy (non-hydrogen) atoms. The minimum absolute atomic E-state index is 0.691. The average Bonchev–Trinajstić information content (AvgIpc) is 3.45. The van der Waals surface area contributed by atoms with E-state index in [2.05, 4.69) is 70.5 Å². The van der Waals surface area contributed by atoms with E-state index in [0.29, 0.717) is 6.54 Å². The van der Waals surface area contributed by atoms with Gasteiger partial charge < -0.3 is 15.0 Å². The largest absolute Gasteiger partial charge is 0.357 e. The molecule has 4 rings (SSSR count). The van der Waals surface area contributed by atoms with Gasteiger partial charge in [0.15, 0.2) is 5.96 Å². The van der Waals surface area contributed by atoms with Crippen LogP contribution in [0.25, 0.3) is 11.3 Å². The summed E-state index contributed by atoms with van der Waals surface area (Å²) in [6.07, 6.45) is 9.60. The topological polar surface area (TPSA) is 71.5 Å². The van der Waals surface area contributed by atoms with Crippen LogP contribution < -0.4 is 10.6 Å². The number of benzene rings is 1. The van der Waals surface area contributed by atoms with Crippen molar-refractivity contribution in [2.45, 2.75) is 26.7 Å². The Hall–Kier alpha value is -3.61. The number of pyridine rings is 1. The average molecular weight is 416 g/mol. The van der Waals surface area contributed by atoms with Gasteiger partial charge in [-0.05, 0) is 55.7 Å². The van der Waals surface area contributed by atoms with Gasteiger partial charge in [-0.3, -0.25) is 4.99 Å². The fourth-order valence-corrected chi connectivity index (χ4v) is 3.51. The maximum Gasteiger partial charge on any atom is 0.191 e. The van der Waals surface area contributed by atoms with Crippen molar-refractivity contribution in [2.24, 2.45) is 4.99 Å². The Morgan fingerprint density at radius 1 is 1.03 bits per heavy atom. The highest BCUT2D eigenvalue weighted by molar-refractivity contribution is 5.79. The van der Waals surface area contributed by atoms with Crippen LogP contribution in [0.1, 0.15) is 23.7 Å². The minimum atomic E-state index is 0.691. The van der Waals surface area contributed by atoms with Crippen LogP contribution in [0.15, 0.2) is 72.2 Å². The number of aliphatic imine (C=N–C) groups is 1. The molecule has 0 radical (unpaired) electrons. The van der Waals surface area contributed by atoms with Crippen LogP contribution in [-0.4, -0.2) is 44.8 Å². The van der Waals surface area contributed by atoms with Gasteiger partial charge in [0.25, 0.3) is 0 Å². The number of hydrogen-bond donors (Lipinski definition) is 2. The van der Waals surface area contributed by atoms with E-state index in [1.54, 1.807) is 6.20 Å². The van der Waals surface area contributed by atoms with Crippen molar-refractivity contribution >= 4 is 11.6 Å². The lowest BCUT2D eigenvalue weighted by Crippen LogP contribution is -2.38. The third-order valence-electron chi connectivity index (χ3n) is 5.12. The van der Waals surface area contributed by atoms with E-state index >= 15 is 0 Å². The molecule has 3 aromatic heterocycles. The summed E-state index contributed by atoms with van der Waals surface area (Å²) >= 11 is 0. The van der Waals surface area contributed by atoms with Gasteiger partial charge in [0, 0.05) is 50.8 Å². The number of fused-ring (bicyclic) bond motifs is 1. The summed E-state index contributed by atoms with van der Waals surface area (Å²) in [5, 5.41) is 11.0. The summed E-state index contributed by atoms with van der Waals surface area (Å²) in [4.78, 5) is 9.44. The standard InChI is InChI=1S/C24H29N7/c1-3-25-24(27-15-12-21-18-30-16-4-6-19(2)23(30)29-21)26-14-11-20-7-9-22(10-8-20)31-17-5-13-28-31/h4-10,13,16-18H,3,11-12,14-15H2,1-2H3,(H2,25,26,27). The van der Waals surface area contributed by atoms with E-state index in [1.807, 2.05) is 29.2 Å². The first-order chi connectivity index (χ1) is 15.2. The fraction of sp³-hybridized carbons (Fsp3) is 0.292. The number of imidazole rings is 1. The van der Waals surface area contributed by atoms with E-state index in [-0.39, 0.29) is 0 Å². The van der Waals surface area contributed by atoms with Crippen LogP contribution in [0.4, 0.5) is 0 Å². The van der Waals surface area contributed by atoms with Crippen molar-refractivity contribution < 1.29 is 0 Å². The van der Waals surface area contributed by atoms with Crippen LogP contribution >= 0.6 is 0 Å². The molecule has 3 heterocycles. The SMILES string of the molecule is CCNC(=NCCc1cn2cccc(C)c2n1)NCCc1ccc(-n2cccn2)cc1. The van der Waals surface area contributed by atoms with Crippen molar-refractivity contribution in [3.8, 4) is 5.69 Å². The van der Waals surface area contributed by atoms with Crippen LogP contribution in [0.3, 0.4) is 0 Å². The molecule has 160 valence electrons. The van der Waals surface area contributed by atoms with Crippen LogP contribution in [0, 0.1) is 6.92 Å². The van der Waals surface area contributed by atoms with Gasteiger partial charge in [-0.15, -0.1) is 0 Å². The molecule has 0 aliphatic heterocycles. The van der Waals surface area contributed by atoms with Gasteiger partial charge in [-0.1, -0.05) is 18.2 Å². The maximum absolute atomic E-state index is 4.73. The Morgan fingerprint density at radius 2 is 1.90 bits per heavy atom. The van der Waals surface area contributed by atoms with Gasteiger partial charge >= 0.3 is 0 Å². The third kappa shape index (κ3) is 5.31. The highest BCUT2D eigenvalue weighted by Crippen LogP contribution is 2.11. The van der Waals surface area contributed by atoms with Gasteiger partial charge in [0.05, 0.1) is 11.4 Å². The predicted molar refractivity (Wildman–Crippen MR) is 125 cm³/mol. The molecule has 1 aromatic carbocycles. The quantitative estimate of drug-likeness (QED) is 0.343. The Morgan fingerprint density at radius 3 is 2.65 bits per heavy atom. The molecule has 7 nitrogen and oxygen atoms in total. The van der Waals surface area contributed by atoms with Crippen molar-refractivity contribution in [1.29, 1.82) is 0 Å². The van der Waals surface area contributed by atoms with E-state index in [0.717, 1.165) is 48.9 Å². The van der Waals surface area contributed by atoms with Crippen LogP contribution in [0.5, 0.6) is 0 Å². The van der Waals surface area contributed by atoms with Crippen molar-refractivity contribution in [3.05, 3.63) is 84.1 Å². The molecule has 7 heteroatoms. The lowest BCUT2D eigenvalue weighted by Gasteiger charge is -2.11. The van der Waals surface area contributed by atoms with E-state index < -0.39 is 0 Å². The van der Waals surface area contributed by atoms with Crippen molar-refractivity contribution in [2.75, 3.05) is 19.6 Å². The smallest absolute Gasteiger partial charge is 0.191 e. The molecule has 0 fully saturated rings. The van der Waals surface area contributed by atoms with Gasteiger partial charge in [-0.2, -0.15) is 5.10 Å². The molecule has 0 bridgehead atoms. The number of aromatic nitrogens is 4. The van der Waals surface area contributed by atoms with Gasteiger partial charge in [0.1, 0.15) is 5.65 Å². The monoisotopic (exact) mass is 415 g/mol. The first-order valence-electron chi connectivity index (χ1n) is 10.8. The second-order valence-corrected chi connectivity index (χ2v) is 7.46. The Balaban J connectivity index is 1.29. The van der Waals surface area contributed by atoms with E-state index in [1.165, 1.54) is 11.1 Å². The number of rotatable bonds is 8. The highest BCUT2D eigenvalue weighted by Gasteiger charge is 2.04. The highest BCUT2D eigenvalue weighted by atomic mass is 15.3. The van der Waals surface area contributed by atoms with Crippen molar-refractivity contribution in [1.82, 2.24) is 29.8 Å². The van der Waals surface area contributed by atoms with Crippen LogP contribution in [-0.2, 0) is 12.8 Å². The summed E-state index contributed by atoms with van der Waals surface area (Å²) in [6, 6.07) is 14.5. The third-order valence-corrected chi connectivity index (χ3v) is 5.12. The number of aryl methyl sites for hydroxylation is 1. The van der Waals surface area contributed by atoms with Gasteiger partial charge in [-0.25, -0.2) is 9.67 Å². The van der Waals surface area contributed by atoms with Crippen LogP contribution in [0.2, 0.25) is 0 Å². The van der Waals surface area contributed by atoms with E-state index in [9.17, 15) is 0 Å². The summed E-state index contributed by atoms with van der Waals surface area (Å²) in [5.41, 5.74) is 5.61. The summed E-state index contributed by atoms with van der Waals surface area (Å²) in [7, 11) is 0. The Bertz CT molecular complexity index is 1120. The molecule has 2 N–H and O–H groups in total. The molecule has 0 aliphatic carbocycles. The lowest BCUT2D eigenvalue weighted by atomic mass is 10.1. The molecule has 0 amide bonds. The zero-order valence-electron chi connectivity index (χ0n) is 18.1. The van der Waals surface area contributed by atoms with Crippen molar-refractivity contribution in [3.63, 3.8) is 0 Å². The molecule has 0 saturated heterocycles. The summed E-state index contributed by atoms with van der Waals surface area (Å²) in [5.74, 6) is 0.843. The lowest BCUT2D eigenvalue weighted by molar-refractivity contribution is 0.794. The number of guanidine groups is 1. The number of nitrogens with one attached hydrogen (secondary N) is 2. The summed E-state index contributed by atoms with van der Waals surface area (Å²) in [6.45, 7) is 6.51. The number of nitrogens with zero attached hydrogens (tertiary/aromatic N) is 5. The zero-order chi connectivity index (χ0) is 21.5. The molecule has 0 atom stereocenters. The minimum Gasteiger partial charge on any atom is -0.357 e. The zero-order valence-corrected chi connectivity index (χ0v) is 18.1.